The van der Waals surface area contributed by atoms with Crippen LogP contribution in [-0.4, -0.2) is 24.9 Å². The van der Waals surface area contributed by atoms with Crippen LogP contribution < -0.4 is 9.47 Å². The Balaban J connectivity index is 1.85. The summed E-state index contributed by atoms with van der Waals surface area (Å²) in [5, 5.41) is 0. The SMILES string of the molecule is O=C(Oc1cc(I)c(S(=O)(=O)[O-])c(I)c1)C1CC=CCC1C(=O)Oc1c(F)c(F)c(F)c(F)c1F. The molecule has 35 heavy (non-hydrogen) atoms. The fraction of sp³-hybridized carbons (Fsp3) is 0.200. The highest BCUT2D eigenvalue weighted by Gasteiger charge is 2.39. The van der Waals surface area contributed by atoms with Gasteiger partial charge in [-0.2, -0.15) is 8.78 Å². The molecule has 0 fully saturated rings. The number of carbonyl (C=O) groups is 2. The van der Waals surface area contributed by atoms with Gasteiger partial charge in [-0.15, -0.1) is 0 Å². The zero-order valence-electron chi connectivity index (χ0n) is 16.8. The van der Waals surface area contributed by atoms with Gasteiger partial charge in [0.15, 0.2) is 0 Å². The molecule has 2 aromatic carbocycles. The molecule has 1 aliphatic carbocycles. The van der Waals surface area contributed by atoms with Gasteiger partial charge in [-0.25, -0.2) is 21.6 Å². The predicted molar refractivity (Wildman–Crippen MR) is 123 cm³/mol. The Kier molecular flexibility index (Phi) is 8.42. The van der Waals surface area contributed by atoms with Crippen molar-refractivity contribution in [2.24, 2.45) is 11.8 Å². The summed E-state index contributed by atoms with van der Waals surface area (Å²) in [5.41, 5.74) is 0. The van der Waals surface area contributed by atoms with Gasteiger partial charge in [-0.05, 0) is 70.2 Å². The van der Waals surface area contributed by atoms with Crippen molar-refractivity contribution in [1.29, 1.82) is 0 Å². The zero-order valence-corrected chi connectivity index (χ0v) is 21.9. The Bertz CT molecular complexity index is 1310. The van der Waals surface area contributed by atoms with Gasteiger partial charge in [0.1, 0.15) is 15.9 Å². The third kappa shape index (κ3) is 5.77. The quantitative estimate of drug-likeness (QED) is 0.0645. The molecule has 0 spiro atoms. The Hall–Kier alpha value is -1.86. The molecule has 0 radical (unpaired) electrons. The molecule has 0 saturated heterocycles. The maximum atomic E-state index is 13.9. The molecule has 2 aromatic rings. The van der Waals surface area contributed by atoms with Crippen LogP contribution in [0, 0.1) is 48.1 Å². The van der Waals surface area contributed by atoms with E-state index in [-0.39, 0.29) is 25.7 Å². The van der Waals surface area contributed by atoms with Gasteiger partial charge in [0.05, 0.1) is 16.7 Å². The molecular weight excluding hydrogens is 733 g/mol. The van der Waals surface area contributed by atoms with E-state index in [1.807, 2.05) is 0 Å². The van der Waals surface area contributed by atoms with Gasteiger partial charge in [0.25, 0.3) is 0 Å². The molecule has 0 heterocycles. The van der Waals surface area contributed by atoms with Crippen molar-refractivity contribution in [3.63, 3.8) is 0 Å². The van der Waals surface area contributed by atoms with Gasteiger partial charge in [-0.3, -0.25) is 9.59 Å². The number of halogens is 7. The lowest BCUT2D eigenvalue weighted by atomic mass is 9.83. The van der Waals surface area contributed by atoms with E-state index in [9.17, 15) is 44.5 Å². The van der Waals surface area contributed by atoms with Gasteiger partial charge < -0.3 is 14.0 Å². The summed E-state index contributed by atoms with van der Waals surface area (Å²) in [6.45, 7) is 0. The van der Waals surface area contributed by atoms with Gasteiger partial charge in [0, 0.05) is 7.14 Å². The predicted octanol–water partition coefficient (Wildman–Crippen LogP) is 4.59. The highest BCUT2D eigenvalue weighted by Crippen LogP contribution is 2.34. The van der Waals surface area contributed by atoms with Gasteiger partial charge in [0.2, 0.25) is 34.8 Å². The lowest BCUT2D eigenvalue weighted by Gasteiger charge is -2.25. The molecule has 0 bridgehead atoms. The normalized spacial score (nSPS) is 17.8. The van der Waals surface area contributed by atoms with Crippen molar-refractivity contribution < 1.29 is 54.0 Å². The van der Waals surface area contributed by atoms with Crippen LogP contribution >= 0.6 is 45.2 Å². The fourth-order valence-corrected chi connectivity index (χ4v) is 7.14. The minimum atomic E-state index is -4.81. The Labute approximate surface area is 221 Å². The number of benzene rings is 2. The number of ether oxygens (including phenoxy) is 2. The minimum Gasteiger partial charge on any atom is -0.744 e. The molecule has 0 amide bonds. The maximum Gasteiger partial charge on any atom is 0.315 e. The molecule has 0 N–H and O–H groups in total. The van der Waals surface area contributed by atoms with Gasteiger partial charge >= 0.3 is 11.9 Å². The van der Waals surface area contributed by atoms with E-state index in [0.717, 1.165) is 12.1 Å². The van der Waals surface area contributed by atoms with Crippen molar-refractivity contribution in [3.05, 3.63) is 60.5 Å². The molecule has 0 saturated carbocycles. The van der Waals surface area contributed by atoms with Crippen molar-refractivity contribution in [2.75, 3.05) is 0 Å². The van der Waals surface area contributed by atoms with Crippen molar-refractivity contribution in [2.45, 2.75) is 17.7 Å². The van der Waals surface area contributed by atoms with Gasteiger partial charge in [-0.1, -0.05) is 12.2 Å². The molecule has 3 rings (SSSR count). The summed E-state index contributed by atoms with van der Waals surface area (Å²) < 4.78 is 112. The number of hydrogen-bond acceptors (Lipinski definition) is 7. The van der Waals surface area contributed by atoms with Crippen molar-refractivity contribution in [3.8, 4) is 11.5 Å². The number of allylic oxidation sites excluding steroid dienone is 2. The molecule has 2 atom stereocenters. The summed E-state index contributed by atoms with van der Waals surface area (Å²) in [6.07, 6.45) is 2.70. The average Bonchev–Trinajstić information content (AvgIpc) is 2.77. The molecular formula is C20H10F5I2O7S-. The van der Waals surface area contributed by atoms with E-state index >= 15 is 0 Å². The number of hydrogen-bond donors (Lipinski definition) is 0. The Morgan fingerprint density at radius 1 is 0.800 bits per heavy atom. The smallest absolute Gasteiger partial charge is 0.315 e. The van der Waals surface area contributed by atoms with Crippen LogP contribution in [0.5, 0.6) is 11.5 Å². The van der Waals surface area contributed by atoms with E-state index in [4.69, 9.17) is 4.74 Å². The van der Waals surface area contributed by atoms with Crippen LogP contribution in [-0.2, 0) is 19.7 Å². The Morgan fingerprint density at radius 3 is 1.63 bits per heavy atom. The Morgan fingerprint density at radius 2 is 1.20 bits per heavy atom. The monoisotopic (exact) mass is 743 g/mol. The van der Waals surface area contributed by atoms with Crippen molar-refractivity contribution in [1.82, 2.24) is 0 Å². The van der Waals surface area contributed by atoms with Crippen LogP contribution in [0.15, 0.2) is 29.2 Å². The molecule has 7 nitrogen and oxygen atoms in total. The summed E-state index contributed by atoms with van der Waals surface area (Å²) in [7, 11) is -4.81. The first-order valence-corrected chi connectivity index (χ1v) is 12.8. The highest BCUT2D eigenvalue weighted by molar-refractivity contribution is 14.1. The summed E-state index contributed by atoms with van der Waals surface area (Å²) in [6, 6.07) is 2.21. The van der Waals surface area contributed by atoms with Crippen LogP contribution in [0.2, 0.25) is 0 Å². The topological polar surface area (TPSA) is 110 Å². The molecule has 2 unspecified atom stereocenters. The van der Waals surface area contributed by atoms with E-state index in [1.165, 1.54) is 12.2 Å². The number of esters is 2. The third-order valence-electron chi connectivity index (χ3n) is 4.85. The summed E-state index contributed by atoms with van der Waals surface area (Å²) in [4.78, 5) is 24.8. The van der Waals surface area contributed by atoms with Crippen LogP contribution in [0.3, 0.4) is 0 Å². The molecule has 188 valence electrons. The van der Waals surface area contributed by atoms with Crippen LogP contribution in [0.1, 0.15) is 12.8 Å². The van der Waals surface area contributed by atoms with E-state index in [2.05, 4.69) is 4.74 Å². The lowest BCUT2D eigenvalue weighted by Crippen LogP contribution is -2.36. The second-order valence-electron chi connectivity index (χ2n) is 7.07. The molecule has 15 heteroatoms. The molecule has 0 aliphatic heterocycles. The van der Waals surface area contributed by atoms with Crippen LogP contribution in [0.4, 0.5) is 22.0 Å². The second kappa shape index (κ2) is 10.6. The standard InChI is InChI=1S/C20H11F5I2O7S/c21-12-13(22)15(24)17(16(25)14(12)23)34-20(29)9-4-2-1-3-8(9)19(28)33-7-5-10(26)18(11(27)6-7)35(30,31)32/h1-2,5-6,8-9H,3-4H2,(H,30,31,32)/p-1. The number of rotatable bonds is 5. The first-order valence-electron chi connectivity index (χ1n) is 9.28. The minimum absolute atomic E-state index is 0.0295. The van der Waals surface area contributed by atoms with E-state index in [0.29, 0.717) is 0 Å². The van der Waals surface area contributed by atoms with Crippen LogP contribution in [0.25, 0.3) is 0 Å². The van der Waals surface area contributed by atoms with E-state index < -0.39 is 73.6 Å². The zero-order chi connectivity index (χ0) is 26.2. The van der Waals surface area contributed by atoms with Crippen molar-refractivity contribution >= 4 is 67.2 Å². The fourth-order valence-electron chi connectivity index (χ4n) is 3.21. The third-order valence-corrected chi connectivity index (χ3v) is 8.22. The number of carbonyl (C=O) groups excluding carboxylic acids is 2. The maximum absolute atomic E-state index is 13.9. The largest absolute Gasteiger partial charge is 0.744 e. The summed E-state index contributed by atoms with van der Waals surface area (Å²) in [5.74, 6) is -18.8. The van der Waals surface area contributed by atoms with E-state index in [1.54, 1.807) is 45.2 Å². The molecule has 1 aliphatic rings. The average molecular weight is 743 g/mol. The first-order chi connectivity index (χ1) is 16.2. The summed E-state index contributed by atoms with van der Waals surface area (Å²) >= 11 is 3.12. The molecule has 0 aromatic heterocycles. The highest BCUT2D eigenvalue weighted by atomic mass is 127. The second-order valence-corrected chi connectivity index (χ2v) is 10.7. The first kappa shape index (κ1) is 27.7. The lowest BCUT2D eigenvalue weighted by molar-refractivity contribution is -0.150.